The summed E-state index contributed by atoms with van der Waals surface area (Å²) in [7, 11) is 0. The molecule has 144 valence electrons. The van der Waals surface area contributed by atoms with Crippen molar-refractivity contribution in [2.24, 2.45) is 5.92 Å². The van der Waals surface area contributed by atoms with Crippen molar-refractivity contribution in [1.82, 2.24) is 14.9 Å². The number of likely N-dealkylation sites (tertiary alicyclic amines) is 1. The fourth-order valence-corrected chi connectivity index (χ4v) is 4.09. The molecule has 0 bridgehead atoms. The summed E-state index contributed by atoms with van der Waals surface area (Å²) in [6, 6.07) is 2.88. The second kappa shape index (κ2) is 7.64. The van der Waals surface area contributed by atoms with Crippen LogP contribution >= 0.6 is 0 Å². The van der Waals surface area contributed by atoms with E-state index in [9.17, 15) is 9.18 Å². The molecule has 2 fully saturated rings. The summed E-state index contributed by atoms with van der Waals surface area (Å²) in [5.41, 5.74) is 0.104. The van der Waals surface area contributed by atoms with Crippen LogP contribution < -0.4 is 4.74 Å². The van der Waals surface area contributed by atoms with Crippen molar-refractivity contribution in [2.75, 3.05) is 26.3 Å². The van der Waals surface area contributed by atoms with E-state index in [0.29, 0.717) is 37.9 Å². The molecule has 1 atom stereocenters. The van der Waals surface area contributed by atoms with Crippen LogP contribution in [-0.2, 0) is 4.74 Å². The lowest BCUT2D eigenvalue weighted by Gasteiger charge is -2.42. The molecule has 7 nitrogen and oxygen atoms in total. The van der Waals surface area contributed by atoms with Crippen LogP contribution in [0.3, 0.4) is 0 Å². The van der Waals surface area contributed by atoms with Gasteiger partial charge in [0.25, 0.3) is 5.91 Å². The first-order chi connectivity index (χ1) is 13.2. The Morgan fingerprint density at radius 2 is 2.22 bits per heavy atom. The summed E-state index contributed by atoms with van der Waals surface area (Å²) in [6.45, 7) is 2.35. The first kappa shape index (κ1) is 17.9. The highest BCUT2D eigenvalue weighted by atomic mass is 19.1. The van der Waals surface area contributed by atoms with E-state index in [4.69, 9.17) is 13.9 Å². The van der Waals surface area contributed by atoms with Gasteiger partial charge in [-0.3, -0.25) is 4.79 Å². The van der Waals surface area contributed by atoms with Gasteiger partial charge in [0.05, 0.1) is 12.2 Å². The van der Waals surface area contributed by atoms with Gasteiger partial charge in [-0.15, -0.1) is 0 Å². The number of ether oxygens (including phenoxy) is 2. The van der Waals surface area contributed by atoms with Gasteiger partial charge in [-0.25, -0.2) is 14.4 Å². The first-order valence-electron chi connectivity index (χ1n) is 9.23. The number of amides is 1. The van der Waals surface area contributed by atoms with E-state index in [1.807, 2.05) is 0 Å². The number of piperidine rings is 1. The average molecular weight is 375 g/mol. The van der Waals surface area contributed by atoms with Crippen LogP contribution in [0.2, 0.25) is 0 Å². The molecule has 27 heavy (non-hydrogen) atoms. The molecule has 0 saturated carbocycles. The summed E-state index contributed by atoms with van der Waals surface area (Å²) < 4.78 is 30.1. The highest BCUT2D eigenvalue weighted by Crippen LogP contribution is 2.42. The fourth-order valence-electron chi connectivity index (χ4n) is 4.09. The van der Waals surface area contributed by atoms with Crippen LogP contribution in [0.4, 0.5) is 4.39 Å². The molecular formula is C19H22FN3O4. The zero-order valence-electron chi connectivity index (χ0n) is 15.0. The van der Waals surface area contributed by atoms with E-state index in [2.05, 4.69) is 9.97 Å². The molecule has 2 saturated heterocycles. The van der Waals surface area contributed by atoms with E-state index in [1.54, 1.807) is 4.90 Å². The summed E-state index contributed by atoms with van der Waals surface area (Å²) in [4.78, 5) is 22.0. The minimum absolute atomic E-state index is 0.0403. The minimum atomic E-state index is -0.449. The van der Waals surface area contributed by atoms with Crippen molar-refractivity contribution >= 4 is 5.91 Å². The molecule has 2 aliphatic heterocycles. The summed E-state index contributed by atoms with van der Waals surface area (Å²) in [6.07, 6.45) is 7.42. The van der Waals surface area contributed by atoms with Crippen molar-refractivity contribution in [3.8, 4) is 5.88 Å². The van der Waals surface area contributed by atoms with E-state index in [1.165, 1.54) is 31.0 Å². The van der Waals surface area contributed by atoms with E-state index < -0.39 is 5.82 Å². The largest absolute Gasteiger partial charge is 0.476 e. The zero-order valence-corrected chi connectivity index (χ0v) is 15.0. The highest BCUT2D eigenvalue weighted by Gasteiger charge is 2.46. The van der Waals surface area contributed by atoms with Gasteiger partial charge in [0, 0.05) is 25.9 Å². The van der Waals surface area contributed by atoms with Crippen LogP contribution in [0.15, 0.2) is 35.4 Å². The lowest BCUT2D eigenvalue weighted by Crippen LogP contribution is -2.49. The Balaban J connectivity index is 1.32. The number of rotatable bonds is 5. The van der Waals surface area contributed by atoms with E-state index in [0.717, 1.165) is 25.7 Å². The predicted octanol–water partition coefficient (Wildman–Crippen LogP) is 2.69. The number of hydrogen-bond acceptors (Lipinski definition) is 6. The highest BCUT2D eigenvalue weighted by molar-refractivity contribution is 5.91. The average Bonchev–Trinajstić information content (AvgIpc) is 3.35. The molecule has 0 unspecified atom stereocenters. The Kier molecular flexibility index (Phi) is 5.07. The maximum atomic E-state index is 13.6. The van der Waals surface area contributed by atoms with Gasteiger partial charge in [0.2, 0.25) is 5.88 Å². The molecule has 8 heteroatoms. The van der Waals surface area contributed by atoms with Gasteiger partial charge >= 0.3 is 0 Å². The zero-order chi connectivity index (χ0) is 18.7. The van der Waals surface area contributed by atoms with Gasteiger partial charge in [-0.05, 0) is 43.7 Å². The normalized spacial score (nSPS) is 21.5. The standard InChI is InChI=1S/C19H22FN3O4/c20-15-2-1-7-21-17(15)26-10-3-14-4-11-27-19(14)5-8-23(9-6-19)18(24)16-12-25-13-22-16/h1-2,7,12-14H,3-6,8-11H2/t14-/m0/s1. The van der Waals surface area contributed by atoms with Crippen LogP contribution in [-0.4, -0.2) is 52.7 Å². The van der Waals surface area contributed by atoms with Crippen molar-refractivity contribution in [1.29, 1.82) is 0 Å². The van der Waals surface area contributed by atoms with Gasteiger partial charge in [-0.1, -0.05) is 0 Å². The van der Waals surface area contributed by atoms with Crippen molar-refractivity contribution in [3.05, 3.63) is 42.5 Å². The molecule has 1 spiro atoms. The smallest absolute Gasteiger partial charge is 0.275 e. The number of aromatic nitrogens is 2. The van der Waals surface area contributed by atoms with Gasteiger partial charge in [0.1, 0.15) is 6.26 Å². The molecule has 2 aliphatic rings. The maximum Gasteiger partial charge on any atom is 0.275 e. The van der Waals surface area contributed by atoms with Gasteiger partial charge < -0.3 is 18.8 Å². The van der Waals surface area contributed by atoms with E-state index in [-0.39, 0.29) is 17.4 Å². The lowest BCUT2D eigenvalue weighted by molar-refractivity contribution is -0.0650. The summed E-state index contributed by atoms with van der Waals surface area (Å²) in [5.74, 6) is -0.191. The van der Waals surface area contributed by atoms with Crippen LogP contribution in [0.25, 0.3) is 0 Å². The summed E-state index contributed by atoms with van der Waals surface area (Å²) in [5, 5.41) is 0. The second-order valence-corrected chi connectivity index (χ2v) is 6.99. The molecule has 1 amide bonds. The third-order valence-electron chi connectivity index (χ3n) is 5.58. The molecule has 0 aliphatic carbocycles. The molecule has 0 radical (unpaired) electrons. The number of carbonyl (C=O) groups excluding carboxylic acids is 1. The van der Waals surface area contributed by atoms with Crippen molar-refractivity contribution < 1.29 is 23.1 Å². The van der Waals surface area contributed by atoms with Crippen LogP contribution in [0, 0.1) is 11.7 Å². The molecule has 4 rings (SSSR count). The fraction of sp³-hybridized carbons (Fsp3) is 0.526. The number of pyridine rings is 1. The summed E-state index contributed by atoms with van der Waals surface area (Å²) >= 11 is 0. The molecule has 0 aromatic carbocycles. The monoisotopic (exact) mass is 375 g/mol. The van der Waals surface area contributed by atoms with Crippen molar-refractivity contribution in [3.63, 3.8) is 0 Å². The third kappa shape index (κ3) is 3.66. The second-order valence-electron chi connectivity index (χ2n) is 6.99. The minimum Gasteiger partial charge on any atom is -0.476 e. The number of oxazole rings is 1. The Bertz CT molecular complexity index is 775. The molecular weight excluding hydrogens is 353 g/mol. The Labute approximate surface area is 156 Å². The van der Waals surface area contributed by atoms with E-state index >= 15 is 0 Å². The topological polar surface area (TPSA) is 77.7 Å². The van der Waals surface area contributed by atoms with Gasteiger partial charge in [0.15, 0.2) is 17.9 Å². The van der Waals surface area contributed by atoms with Crippen LogP contribution in [0.1, 0.15) is 36.2 Å². The molecule has 2 aromatic rings. The SMILES string of the molecule is O=C(c1cocn1)N1CCC2(CC1)OCC[C@@H]2CCOc1ncccc1F. The Morgan fingerprint density at radius 3 is 2.96 bits per heavy atom. The predicted molar refractivity (Wildman–Crippen MR) is 92.7 cm³/mol. The number of carbonyl (C=O) groups is 1. The van der Waals surface area contributed by atoms with Gasteiger partial charge in [-0.2, -0.15) is 0 Å². The van der Waals surface area contributed by atoms with Crippen molar-refractivity contribution in [2.45, 2.75) is 31.3 Å². The van der Waals surface area contributed by atoms with Crippen LogP contribution in [0.5, 0.6) is 5.88 Å². The quantitative estimate of drug-likeness (QED) is 0.800. The lowest BCUT2D eigenvalue weighted by atomic mass is 9.78. The Morgan fingerprint density at radius 1 is 1.37 bits per heavy atom. The molecule has 2 aromatic heterocycles. The third-order valence-corrected chi connectivity index (χ3v) is 5.58. The Hall–Kier alpha value is -2.48. The maximum absolute atomic E-state index is 13.6. The number of hydrogen-bond donors (Lipinski definition) is 0. The number of halogens is 1. The molecule has 0 N–H and O–H groups in total. The number of nitrogens with zero attached hydrogens (tertiary/aromatic N) is 3. The first-order valence-corrected chi connectivity index (χ1v) is 9.23. The molecule has 4 heterocycles.